The number of rotatable bonds is 8. The predicted molar refractivity (Wildman–Crippen MR) is 158 cm³/mol. The molecule has 0 amide bonds. The fourth-order valence-corrected chi connectivity index (χ4v) is 8.21. The molecule has 1 unspecified atom stereocenters. The van der Waals surface area contributed by atoms with E-state index in [1.807, 2.05) is 20.8 Å². The predicted octanol–water partition coefficient (Wildman–Crippen LogP) is 5.77. The summed E-state index contributed by atoms with van der Waals surface area (Å²) in [6.45, 7) is 14.0. The lowest BCUT2D eigenvalue weighted by Gasteiger charge is -2.59. The summed E-state index contributed by atoms with van der Waals surface area (Å²) in [6.07, 6.45) is 2.13. The number of hydrogen-bond donors (Lipinski definition) is 4. The number of carbonyl (C=O) groups is 4. The molecule has 3 aliphatic rings. The van der Waals surface area contributed by atoms with E-state index in [1.54, 1.807) is 33.8 Å². The van der Waals surface area contributed by atoms with E-state index in [2.05, 4.69) is 0 Å². The topological polar surface area (TPSA) is 149 Å². The SMILES string of the molecule is CCCCC(=O)Cc1cc(C(C)C)c2c(c1O)C(=O)C1=C(O)[C@@]3(O)C(=O)C(C(C)=O)=C(O)C(C(C)C)[C@@]3(C)C[C@@]1(C)C2. The smallest absolute Gasteiger partial charge is 0.209 e. The number of aliphatic hydroxyl groups excluding tert-OH is 2. The van der Waals surface area contributed by atoms with Gasteiger partial charge in [-0.25, -0.2) is 0 Å². The highest BCUT2D eigenvalue weighted by Crippen LogP contribution is 2.65. The van der Waals surface area contributed by atoms with E-state index in [1.165, 1.54) is 0 Å². The third-order valence-corrected chi connectivity index (χ3v) is 9.94. The number of fused-ring (bicyclic) bond motifs is 3. The molecule has 0 saturated carbocycles. The molecule has 0 bridgehead atoms. The molecule has 4 rings (SSSR count). The maximum absolute atomic E-state index is 14.4. The lowest BCUT2D eigenvalue weighted by molar-refractivity contribution is -0.171. The van der Waals surface area contributed by atoms with Crippen molar-refractivity contribution < 1.29 is 39.6 Å². The fraction of sp³-hybridized carbons (Fsp3) is 0.588. The number of aliphatic hydroxyl groups is 3. The fourth-order valence-electron chi connectivity index (χ4n) is 8.21. The van der Waals surface area contributed by atoms with Crippen LogP contribution >= 0.6 is 0 Å². The summed E-state index contributed by atoms with van der Waals surface area (Å²) in [5.41, 5.74) is -4.24. The lowest BCUT2D eigenvalue weighted by atomic mass is 9.44. The lowest BCUT2D eigenvalue weighted by Crippen LogP contribution is -2.67. The van der Waals surface area contributed by atoms with Gasteiger partial charge in [-0.1, -0.05) is 61.0 Å². The number of phenolic OH excluding ortho intramolecular Hbond substituents is 1. The Morgan fingerprint density at radius 3 is 2.21 bits per heavy atom. The standard InChI is InChI=1S/C34H44O8/c1-9-10-11-20(36)12-19-13-21(16(2)3)22-14-32(7)15-33(8)25(17(4)5)28(38)23(18(6)35)30(40)34(33,42)31(41)26(32)29(39)24(22)27(19)37/h13,16-17,25,37-38,41-42H,9-12,14-15H2,1-8H3/t25?,32-,33-,34+/m1/s1. The summed E-state index contributed by atoms with van der Waals surface area (Å²) in [6, 6.07) is 1.80. The van der Waals surface area contributed by atoms with Crippen LogP contribution in [0.3, 0.4) is 0 Å². The van der Waals surface area contributed by atoms with E-state index >= 15 is 0 Å². The number of unbranched alkanes of at least 4 members (excludes halogenated alkanes) is 1. The van der Waals surface area contributed by atoms with E-state index in [9.17, 15) is 39.6 Å². The van der Waals surface area contributed by atoms with Crippen LogP contribution in [0.15, 0.2) is 28.7 Å². The number of phenols is 1. The molecule has 1 aromatic rings. The molecule has 4 atom stereocenters. The van der Waals surface area contributed by atoms with Gasteiger partial charge in [0.15, 0.2) is 17.2 Å². The first-order valence-corrected chi connectivity index (χ1v) is 15.0. The number of hydrogen-bond acceptors (Lipinski definition) is 8. The Bertz CT molecular complexity index is 1460. The van der Waals surface area contributed by atoms with Crippen LogP contribution in [0.5, 0.6) is 5.75 Å². The van der Waals surface area contributed by atoms with E-state index in [0.29, 0.717) is 24.0 Å². The van der Waals surface area contributed by atoms with Gasteiger partial charge in [0.1, 0.15) is 28.6 Å². The Morgan fingerprint density at radius 1 is 1.07 bits per heavy atom. The minimum atomic E-state index is -2.65. The summed E-state index contributed by atoms with van der Waals surface area (Å²) in [5, 5.41) is 46.7. The Morgan fingerprint density at radius 2 is 1.69 bits per heavy atom. The molecular formula is C34H44O8. The molecule has 0 saturated heterocycles. The second kappa shape index (κ2) is 10.5. The van der Waals surface area contributed by atoms with Gasteiger partial charge in [-0.15, -0.1) is 0 Å². The largest absolute Gasteiger partial charge is 0.511 e. The summed E-state index contributed by atoms with van der Waals surface area (Å²) >= 11 is 0. The number of Topliss-reactive ketones (excluding diaryl/α,β-unsaturated/α-hetero) is 4. The van der Waals surface area contributed by atoms with Crippen LogP contribution in [0, 0.1) is 22.7 Å². The molecule has 0 spiro atoms. The molecule has 0 aromatic heterocycles. The molecule has 4 N–H and O–H groups in total. The van der Waals surface area contributed by atoms with Gasteiger partial charge in [0.25, 0.3) is 0 Å². The van der Waals surface area contributed by atoms with E-state index < -0.39 is 56.8 Å². The van der Waals surface area contributed by atoms with Crippen molar-refractivity contribution in [2.24, 2.45) is 22.7 Å². The van der Waals surface area contributed by atoms with E-state index in [0.717, 1.165) is 18.9 Å². The minimum absolute atomic E-state index is 0.0282. The maximum Gasteiger partial charge on any atom is 0.209 e. The third kappa shape index (κ3) is 4.28. The summed E-state index contributed by atoms with van der Waals surface area (Å²) in [5.74, 6) is -5.50. The Balaban J connectivity index is 2.01. The highest BCUT2D eigenvalue weighted by Gasteiger charge is 2.71. The van der Waals surface area contributed by atoms with Crippen LogP contribution < -0.4 is 0 Å². The van der Waals surface area contributed by atoms with Crippen molar-refractivity contribution in [3.63, 3.8) is 0 Å². The van der Waals surface area contributed by atoms with Crippen molar-refractivity contribution in [1.82, 2.24) is 0 Å². The molecular weight excluding hydrogens is 536 g/mol. The minimum Gasteiger partial charge on any atom is -0.511 e. The van der Waals surface area contributed by atoms with Crippen LogP contribution in [-0.2, 0) is 27.2 Å². The molecule has 228 valence electrons. The number of carbonyl (C=O) groups excluding carboxylic acids is 4. The van der Waals surface area contributed by atoms with Crippen molar-refractivity contribution >= 4 is 23.1 Å². The zero-order chi connectivity index (χ0) is 31.7. The molecule has 3 aliphatic carbocycles. The van der Waals surface area contributed by atoms with Crippen molar-refractivity contribution in [3.05, 3.63) is 51.0 Å². The third-order valence-electron chi connectivity index (χ3n) is 9.94. The van der Waals surface area contributed by atoms with Gasteiger partial charge in [0.05, 0.1) is 5.56 Å². The molecule has 8 heteroatoms. The quantitative estimate of drug-likeness (QED) is 0.283. The van der Waals surface area contributed by atoms with Crippen LogP contribution in [0.1, 0.15) is 114 Å². The Kier molecular flexibility index (Phi) is 7.90. The van der Waals surface area contributed by atoms with Gasteiger partial charge in [0, 0.05) is 40.7 Å². The normalized spacial score (nSPS) is 29.2. The van der Waals surface area contributed by atoms with Crippen LogP contribution in [0.25, 0.3) is 0 Å². The monoisotopic (exact) mass is 580 g/mol. The van der Waals surface area contributed by atoms with Crippen LogP contribution in [-0.4, -0.2) is 49.2 Å². The average molecular weight is 581 g/mol. The van der Waals surface area contributed by atoms with Crippen molar-refractivity contribution in [2.75, 3.05) is 0 Å². The first-order valence-electron chi connectivity index (χ1n) is 15.0. The zero-order valence-corrected chi connectivity index (χ0v) is 26.0. The van der Waals surface area contributed by atoms with Crippen molar-refractivity contribution in [3.8, 4) is 5.75 Å². The number of aromatic hydroxyl groups is 1. The second-order valence-corrected chi connectivity index (χ2v) is 13.8. The molecule has 42 heavy (non-hydrogen) atoms. The van der Waals surface area contributed by atoms with Gasteiger partial charge in [-0.2, -0.15) is 0 Å². The molecule has 0 fully saturated rings. The molecule has 0 aliphatic heterocycles. The zero-order valence-electron chi connectivity index (χ0n) is 26.0. The van der Waals surface area contributed by atoms with Gasteiger partial charge < -0.3 is 20.4 Å². The average Bonchev–Trinajstić information content (AvgIpc) is 2.85. The highest BCUT2D eigenvalue weighted by molar-refractivity contribution is 6.25. The van der Waals surface area contributed by atoms with Crippen molar-refractivity contribution in [1.29, 1.82) is 0 Å². The van der Waals surface area contributed by atoms with Gasteiger partial charge in [-0.3, -0.25) is 19.2 Å². The Hall–Kier alpha value is -3.26. The van der Waals surface area contributed by atoms with E-state index in [4.69, 9.17) is 0 Å². The van der Waals surface area contributed by atoms with E-state index in [-0.39, 0.29) is 53.8 Å². The van der Waals surface area contributed by atoms with Crippen LogP contribution in [0.2, 0.25) is 0 Å². The molecule has 0 heterocycles. The van der Waals surface area contributed by atoms with Gasteiger partial charge >= 0.3 is 0 Å². The summed E-state index contributed by atoms with van der Waals surface area (Å²) < 4.78 is 0. The first-order chi connectivity index (χ1) is 19.4. The van der Waals surface area contributed by atoms with Gasteiger partial charge in [0.2, 0.25) is 5.78 Å². The summed E-state index contributed by atoms with van der Waals surface area (Å²) in [4.78, 5) is 53.5. The Labute approximate surface area is 247 Å². The number of ketones is 4. The molecule has 8 nitrogen and oxygen atoms in total. The highest BCUT2D eigenvalue weighted by atomic mass is 16.3. The van der Waals surface area contributed by atoms with Crippen molar-refractivity contribution in [2.45, 2.75) is 105 Å². The molecule has 0 radical (unpaired) electrons. The first kappa shape index (κ1) is 31.7. The molecule has 1 aromatic carbocycles. The van der Waals surface area contributed by atoms with Gasteiger partial charge in [-0.05, 0) is 49.1 Å². The number of allylic oxidation sites excluding steroid dienone is 2. The summed E-state index contributed by atoms with van der Waals surface area (Å²) in [7, 11) is 0. The second-order valence-electron chi connectivity index (χ2n) is 13.8. The number of benzene rings is 1. The maximum atomic E-state index is 14.4. The van der Waals surface area contributed by atoms with Crippen LogP contribution in [0.4, 0.5) is 0 Å².